The lowest BCUT2D eigenvalue weighted by Crippen LogP contribution is -2.51. The summed E-state index contributed by atoms with van der Waals surface area (Å²) >= 11 is 0. The van der Waals surface area contributed by atoms with Crippen LogP contribution in [-0.2, 0) is 19.1 Å². The molecule has 7 heteroatoms. The standard InChI is InChI=1S/C26H25N3O4/c1-3-33-25(31)22-23(19-12-8-10-17-9-4-5-11-18(17)19)29-21-14-7-6-13-20(21)27-26(29)28(24(22)30)15-16-32-2/h4-14,22-23H,3,15-16H2,1-2H3/t22-,23-/m1/s1. The zero-order valence-corrected chi connectivity index (χ0v) is 18.6. The first-order valence-electron chi connectivity index (χ1n) is 11.1. The van der Waals surface area contributed by atoms with E-state index in [0.717, 1.165) is 27.4 Å². The maximum Gasteiger partial charge on any atom is 0.321 e. The summed E-state index contributed by atoms with van der Waals surface area (Å²) in [6, 6.07) is 21.1. The fraction of sp³-hybridized carbons (Fsp3) is 0.269. The van der Waals surface area contributed by atoms with Gasteiger partial charge in [-0.2, -0.15) is 0 Å². The number of carbonyl (C=O) groups is 2. The fourth-order valence-electron chi connectivity index (χ4n) is 4.73. The van der Waals surface area contributed by atoms with Crippen LogP contribution < -0.4 is 4.90 Å². The van der Waals surface area contributed by atoms with Gasteiger partial charge >= 0.3 is 5.97 Å². The third kappa shape index (κ3) is 3.45. The number of anilines is 1. The van der Waals surface area contributed by atoms with Crippen LogP contribution in [0.1, 0.15) is 18.5 Å². The summed E-state index contributed by atoms with van der Waals surface area (Å²) in [6.45, 7) is 2.56. The number of aromatic nitrogens is 2. The molecule has 2 heterocycles. The van der Waals surface area contributed by atoms with Crippen LogP contribution in [0.25, 0.3) is 21.8 Å². The molecular formula is C26H25N3O4. The molecule has 0 aliphatic carbocycles. The summed E-state index contributed by atoms with van der Waals surface area (Å²) in [6.07, 6.45) is 0. The fourth-order valence-corrected chi connectivity index (χ4v) is 4.73. The maximum atomic E-state index is 13.8. The quantitative estimate of drug-likeness (QED) is 0.333. The number of nitrogens with zero attached hydrogens (tertiary/aromatic N) is 3. The molecule has 0 bridgehead atoms. The van der Waals surface area contributed by atoms with Crippen molar-refractivity contribution in [1.82, 2.24) is 9.55 Å². The number of amides is 1. The number of para-hydroxylation sites is 2. The Bertz CT molecular complexity index is 1340. The van der Waals surface area contributed by atoms with Crippen molar-refractivity contribution in [3.63, 3.8) is 0 Å². The van der Waals surface area contributed by atoms with Crippen molar-refractivity contribution in [2.45, 2.75) is 13.0 Å². The molecule has 0 saturated heterocycles. The average Bonchev–Trinajstić information content (AvgIpc) is 3.22. The molecule has 1 aliphatic heterocycles. The van der Waals surface area contributed by atoms with Crippen molar-refractivity contribution in [2.75, 3.05) is 31.8 Å². The summed E-state index contributed by atoms with van der Waals surface area (Å²) in [5.74, 6) is -1.40. The largest absolute Gasteiger partial charge is 0.465 e. The van der Waals surface area contributed by atoms with Gasteiger partial charge in [-0.15, -0.1) is 0 Å². The van der Waals surface area contributed by atoms with Gasteiger partial charge in [0.15, 0.2) is 5.92 Å². The minimum atomic E-state index is -1.04. The predicted molar refractivity (Wildman–Crippen MR) is 126 cm³/mol. The van der Waals surface area contributed by atoms with E-state index in [0.29, 0.717) is 12.6 Å². The van der Waals surface area contributed by atoms with Gasteiger partial charge in [0, 0.05) is 7.11 Å². The van der Waals surface area contributed by atoms with Crippen molar-refractivity contribution in [1.29, 1.82) is 0 Å². The van der Waals surface area contributed by atoms with Gasteiger partial charge in [-0.3, -0.25) is 14.5 Å². The zero-order valence-electron chi connectivity index (χ0n) is 18.6. The van der Waals surface area contributed by atoms with E-state index in [4.69, 9.17) is 14.5 Å². The molecule has 33 heavy (non-hydrogen) atoms. The highest BCUT2D eigenvalue weighted by molar-refractivity contribution is 6.09. The van der Waals surface area contributed by atoms with Crippen LogP contribution in [0.15, 0.2) is 66.7 Å². The second-order valence-corrected chi connectivity index (χ2v) is 8.00. The van der Waals surface area contributed by atoms with Crippen molar-refractivity contribution >= 4 is 39.6 Å². The average molecular weight is 444 g/mol. The number of fused-ring (bicyclic) bond motifs is 4. The number of ether oxygens (including phenoxy) is 2. The first kappa shape index (κ1) is 21.2. The Hall–Kier alpha value is -3.71. The number of hydrogen-bond donors (Lipinski definition) is 0. The number of imidazole rings is 1. The van der Waals surface area contributed by atoms with Gasteiger partial charge in [0.1, 0.15) is 0 Å². The van der Waals surface area contributed by atoms with Crippen LogP contribution in [0.5, 0.6) is 0 Å². The first-order chi connectivity index (χ1) is 16.2. The lowest BCUT2D eigenvalue weighted by Gasteiger charge is -2.38. The van der Waals surface area contributed by atoms with Crippen LogP contribution in [0.2, 0.25) is 0 Å². The minimum absolute atomic E-state index is 0.195. The topological polar surface area (TPSA) is 73.7 Å². The number of benzene rings is 3. The third-order valence-corrected chi connectivity index (χ3v) is 6.15. The van der Waals surface area contributed by atoms with Crippen molar-refractivity contribution in [3.05, 3.63) is 72.3 Å². The second kappa shape index (κ2) is 8.67. The van der Waals surface area contributed by atoms with E-state index in [2.05, 4.69) is 0 Å². The minimum Gasteiger partial charge on any atom is -0.465 e. The molecule has 168 valence electrons. The summed E-state index contributed by atoms with van der Waals surface area (Å²) < 4.78 is 12.7. The van der Waals surface area contributed by atoms with Crippen LogP contribution in [0.4, 0.5) is 5.95 Å². The smallest absolute Gasteiger partial charge is 0.321 e. The van der Waals surface area contributed by atoms with E-state index in [-0.39, 0.29) is 19.1 Å². The van der Waals surface area contributed by atoms with Crippen LogP contribution in [-0.4, -0.2) is 48.3 Å². The third-order valence-electron chi connectivity index (χ3n) is 6.15. The molecule has 1 aromatic heterocycles. The Morgan fingerprint density at radius 2 is 1.79 bits per heavy atom. The van der Waals surface area contributed by atoms with Gasteiger partial charge in [0.2, 0.25) is 11.9 Å². The normalized spacial score (nSPS) is 18.0. The monoisotopic (exact) mass is 443 g/mol. The van der Waals surface area contributed by atoms with Gasteiger partial charge in [0.05, 0.1) is 36.8 Å². The van der Waals surface area contributed by atoms with E-state index < -0.39 is 17.9 Å². The Morgan fingerprint density at radius 1 is 1.03 bits per heavy atom. The van der Waals surface area contributed by atoms with Gasteiger partial charge < -0.3 is 14.0 Å². The first-order valence-corrected chi connectivity index (χ1v) is 11.1. The highest BCUT2D eigenvalue weighted by atomic mass is 16.5. The Balaban J connectivity index is 1.82. The molecule has 5 rings (SSSR count). The SMILES string of the molecule is CCOC(=O)[C@H]1C(=O)N(CCOC)c2nc3ccccc3n2[C@@H]1c1cccc2ccccc12. The number of hydrogen-bond acceptors (Lipinski definition) is 5. The molecule has 7 nitrogen and oxygen atoms in total. The maximum absolute atomic E-state index is 13.8. The highest BCUT2D eigenvalue weighted by Gasteiger charge is 2.48. The summed E-state index contributed by atoms with van der Waals surface area (Å²) in [5.41, 5.74) is 2.50. The molecule has 0 fully saturated rings. The van der Waals surface area contributed by atoms with Crippen LogP contribution in [0.3, 0.4) is 0 Å². The molecule has 1 amide bonds. The summed E-state index contributed by atoms with van der Waals surface area (Å²) in [5, 5.41) is 2.03. The Morgan fingerprint density at radius 3 is 2.61 bits per heavy atom. The molecule has 4 aromatic rings. The predicted octanol–water partition coefficient (Wildman–Crippen LogP) is 3.95. The molecule has 0 radical (unpaired) electrons. The van der Waals surface area contributed by atoms with Crippen LogP contribution >= 0.6 is 0 Å². The number of carbonyl (C=O) groups excluding carboxylic acids is 2. The summed E-state index contributed by atoms with van der Waals surface area (Å²) in [4.78, 5) is 33.4. The molecule has 0 N–H and O–H groups in total. The zero-order chi connectivity index (χ0) is 22.9. The van der Waals surface area contributed by atoms with Gasteiger partial charge in [0.25, 0.3) is 0 Å². The molecule has 2 atom stereocenters. The number of esters is 1. The molecule has 0 unspecified atom stereocenters. The summed E-state index contributed by atoms with van der Waals surface area (Å²) in [7, 11) is 1.58. The lowest BCUT2D eigenvalue weighted by molar-refractivity contribution is -0.153. The van der Waals surface area contributed by atoms with E-state index in [1.807, 2.05) is 71.3 Å². The molecule has 1 aliphatic rings. The van der Waals surface area contributed by atoms with Gasteiger partial charge in [-0.25, -0.2) is 4.98 Å². The second-order valence-electron chi connectivity index (χ2n) is 8.00. The van der Waals surface area contributed by atoms with Gasteiger partial charge in [-0.1, -0.05) is 54.6 Å². The Kier molecular flexibility index (Phi) is 5.56. The van der Waals surface area contributed by atoms with Crippen molar-refractivity contribution in [2.24, 2.45) is 5.92 Å². The molecular weight excluding hydrogens is 418 g/mol. The van der Waals surface area contributed by atoms with E-state index in [1.165, 1.54) is 0 Å². The van der Waals surface area contributed by atoms with Crippen molar-refractivity contribution in [3.8, 4) is 0 Å². The van der Waals surface area contributed by atoms with E-state index >= 15 is 0 Å². The lowest BCUT2D eigenvalue weighted by atomic mass is 9.86. The molecule has 0 spiro atoms. The Labute approximate surface area is 191 Å². The molecule has 0 saturated carbocycles. The number of rotatable bonds is 6. The number of methoxy groups -OCH3 is 1. The van der Waals surface area contributed by atoms with Gasteiger partial charge in [-0.05, 0) is 35.4 Å². The van der Waals surface area contributed by atoms with E-state index in [9.17, 15) is 9.59 Å². The van der Waals surface area contributed by atoms with Crippen molar-refractivity contribution < 1.29 is 19.1 Å². The highest BCUT2D eigenvalue weighted by Crippen LogP contribution is 2.43. The van der Waals surface area contributed by atoms with Crippen LogP contribution in [0, 0.1) is 5.92 Å². The molecule has 3 aromatic carbocycles. The van der Waals surface area contributed by atoms with E-state index in [1.54, 1.807) is 18.9 Å².